The molecule has 0 amide bonds. The van der Waals surface area contributed by atoms with Crippen LogP contribution in [-0.4, -0.2) is 19.9 Å². The van der Waals surface area contributed by atoms with Crippen molar-refractivity contribution in [1.29, 1.82) is 0 Å². The zero-order valence-electron chi connectivity index (χ0n) is 26.2. The van der Waals surface area contributed by atoms with E-state index >= 15 is 0 Å². The van der Waals surface area contributed by atoms with Crippen LogP contribution < -0.4 is 0 Å². The van der Waals surface area contributed by atoms with E-state index in [2.05, 4.69) is 108 Å². The summed E-state index contributed by atoms with van der Waals surface area (Å²) in [6.07, 6.45) is 0. The quantitative estimate of drug-likeness (QED) is 0.198. The molecule has 0 spiro atoms. The maximum atomic E-state index is 5.27. The lowest BCUT2D eigenvalue weighted by Crippen LogP contribution is -2.15. The molecule has 44 heavy (non-hydrogen) atoms. The maximum Gasteiger partial charge on any atom is 0.0974 e. The number of para-hydroxylation sites is 2. The first kappa shape index (κ1) is 27.8. The van der Waals surface area contributed by atoms with Crippen LogP contribution >= 0.6 is 0 Å². The van der Waals surface area contributed by atoms with E-state index < -0.39 is 0 Å². The van der Waals surface area contributed by atoms with Crippen LogP contribution in [0.25, 0.3) is 66.5 Å². The summed E-state index contributed by atoms with van der Waals surface area (Å²) in [7, 11) is 0. The Hall–Kier alpha value is -4.96. The van der Waals surface area contributed by atoms with E-state index in [1.165, 1.54) is 0 Å². The standard InChI is InChI=1S/C40H36N4/c1-39(2,3)33-22-20-26-19-21-29-30(24-34(40(4,5)6)44-38(29)36(26)43-33)27-15-12-16-28(23-27)37-35(25-13-8-7-9-14-25)41-31-17-10-11-18-32(31)42-37/h7-24H,1-6H3. The van der Waals surface area contributed by atoms with Gasteiger partial charge in [0.2, 0.25) is 0 Å². The van der Waals surface area contributed by atoms with Gasteiger partial charge in [0.15, 0.2) is 0 Å². The Kier molecular flexibility index (Phi) is 6.55. The molecule has 0 aliphatic heterocycles. The van der Waals surface area contributed by atoms with E-state index in [-0.39, 0.29) is 10.8 Å². The summed E-state index contributed by atoms with van der Waals surface area (Å²) in [4.78, 5) is 20.7. The Morgan fingerprint density at radius 1 is 0.432 bits per heavy atom. The van der Waals surface area contributed by atoms with Crippen LogP contribution in [0.1, 0.15) is 52.9 Å². The second kappa shape index (κ2) is 10.3. The molecule has 3 heterocycles. The Labute approximate surface area is 258 Å². The number of benzene rings is 4. The summed E-state index contributed by atoms with van der Waals surface area (Å²) < 4.78 is 0. The van der Waals surface area contributed by atoms with Crippen molar-refractivity contribution in [3.05, 3.63) is 121 Å². The zero-order chi connectivity index (χ0) is 30.6. The molecule has 0 saturated heterocycles. The average Bonchev–Trinajstić information content (AvgIpc) is 3.03. The van der Waals surface area contributed by atoms with E-state index in [1.54, 1.807) is 0 Å². The van der Waals surface area contributed by atoms with Crippen LogP contribution in [0, 0.1) is 0 Å². The molecule has 3 aromatic heterocycles. The van der Waals surface area contributed by atoms with E-state index in [0.717, 1.165) is 77.9 Å². The highest BCUT2D eigenvalue weighted by Gasteiger charge is 2.22. The number of fused-ring (bicyclic) bond motifs is 4. The highest BCUT2D eigenvalue weighted by molar-refractivity contribution is 6.08. The van der Waals surface area contributed by atoms with Crippen LogP contribution in [-0.2, 0) is 10.8 Å². The van der Waals surface area contributed by atoms with Crippen LogP contribution in [0.5, 0.6) is 0 Å². The number of hydrogen-bond donors (Lipinski definition) is 0. The van der Waals surface area contributed by atoms with Crippen molar-refractivity contribution < 1.29 is 0 Å². The SMILES string of the molecule is CC(C)(C)c1ccc2ccc3c(-c4cccc(-c5nc6ccccc6nc5-c5ccccc5)c4)cc(C(C)(C)C)nc3c2n1. The van der Waals surface area contributed by atoms with Gasteiger partial charge in [-0.05, 0) is 41.5 Å². The van der Waals surface area contributed by atoms with E-state index in [0.29, 0.717) is 0 Å². The van der Waals surface area contributed by atoms with Gasteiger partial charge in [0.1, 0.15) is 0 Å². The highest BCUT2D eigenvalue weighted by Crippen LogP contribution is 2.38. The molecule has 7 rings (SSSR count). The van der Waals surface area contributed by atoms with Crippen LogP contribution in [0.15, 0.2) is 109 Å². The van der Waals surface area contributed by atoms with Crippen molar-refractivity contribution in [3.63, 3.8) is 0 Å². The summed E-state index contributed by atoms with van der Waals surface area (Å²) >= 11 is 0. The first-order valence-electron chi connectivity index (χ1n) is 15.2. The lowest BCUT2D eigenvalue weighted by atomic mass is 9.87. The average molecular weight is 573 g/mol. The number of pyridine rings is 2. The number of hydrogen-bond acceptors (Lipinski definition) is 4. The number of rotatable bonds is 3. The van der Waals surface area contributed by atoms with Crippen molar-refractivity contribution in [2.24, 2.45) is 0 Å². The van der Waals surface area contributed by atoms with Gasteiger partial charge in [-0.1, -0.05) is 120 Å². The molecule has 0 saturated carbocycles. The summed E-state index contributed by atoms with van der Waals surface area (Å²) in [5.41, 5.74) is 11.6. The molecule has 7 aromatic rings. The van der Waals surface area contributed by atoms with Crippen LogP contribution in [0.3, 0.4) is 0 Å². The van der Waals surface area contributed by atoms with Crippen molar-refractivity contribution >= 4 is 32.8 Å². The molecule has 0 radical (unpaired) electrons. The molecule has 0 unspecified atom stereocenters. The van der Waals surface area contributed by atoms with Crippen LogP contribution in [0.2, 0.25) is 0 Å². The number of aromatic nitrogens is 4. The number of nitrogens with zero attached hydrogens (tertiary/aromatic N) is 4. The summed E-state index contributed by atoms with van der Waals surface area (Å²) in [6, 6.07) is 38.0. The molecule has 0 bridgehead atoms. The van der Waals surface area contributed by atoms with Crippen molar-refractivity contribution in [3.8, 4) is 33.6 Å². The van der Waals surface area contributed by atoms with Gasteiger partial charge >= 0.3 is 0 Å². The fourth-order valence-corrected chi connectivity index (χ4v) is 5.74. The molecule has 4 heteroatoms. The summed E-state index contributed by atoms with van der Waals surface area (Å²) in [5.74, 6) is 0. The minimum absolute atomic E-state index is 0.0630. The Bertz CT molecular complexity index is 2190. The van der Waals surface area contributed by atoms with Gasteiger partial charge in [-0.25, -0.2) is 19.9 Å². The molecular weight excluding hydrogens is 536 g/mol. The van der Waals surface area contributed by atoms with Gasteiger partial charge in [0.25, 0.3) is 0 Å². The molecule has 0 N–H and O–H groups in total. The fourth-order valence-electron chi connectivity index (χ4n) is 5.74. The van der Waals surface area contributed by atoms with E-state index in [1.807, 2.05) is 42.5 Å². The third-order valence-electron chi connectivity index (χ3n) is 8.24. The topological polar surface area (TPSA) is 51.6 Å². The normalized spacial score (nSPS) is 12.3. The molecule has 0 fully saturated rings. The van der Waals surface area contributed by atoms with Gasteiger partial charge in [-0.2, -0.15) is 0 Å². The maximum absolute atomic E-state index is 5.27. The predicted octanol–water partition coefficient (Wildman–Crippen LogP) is 10.3. The second-order valence-electron chi connectivity index (χ2n) is 13.6. The summed E-state index contributed by atoms with van der Waals surface area (Å²) in [6.45, 7) is 13.3. The van der Waals surface area contributed by atoms with Crippen LogP contribution in [0.4, 0.5) is 0 Å². The first-order valence-corrected chi connectivity index (χ1v) is 15.2. The van der Waals surface area contributed by atoms with Gasteiger partial charge in [-0.15, -0.1) is 0 Å². The Balaban J connectivity index is 1.49. The van der Waals surface area contributed by atoms with Gasteiger partial charge < -0.3 is 0 Å². The minimum Gasteiger partial charge on any atom is -0.250 e. The molecule has 0 aliphatic carbocycles. The fraction of sp³-hybridized carbons (Fsp3) is 0.200. The highest BCUT2D eigenvalue weighted by atomic mass is 14.8. The third kappa shape index (κ3) is 5.01. The molecule has 0 aliphatic rings. The molecule has 4 aromatic carbocycles. The zero-order valence-corrected chi connectivity index (χ0v) is 26.2. The molecule has 0 atom stereocenters. The minimum atomic E-state index is -0.144. The molecular formula is C40H36N4. The first-order chi connectivity index (χ1) is 21.1. The lowest BCUT2D eigenvalue weighted by Gasteiger charge is -2.22. The molecule has 4 nitrogen and oxygen atoms in total. The largest absolute Gasteiger partial charge is 0.250 e. The van der Waals surface area contributed by atoms with Crippen molar-refractivity contribution in [2.45, 2.75) is 52.4 Å². The predicted molar refractivity (Wildman–Crippen MR) is 184 cm³/mol. The lowest BCUT2D eigenvalue weighted by molar-refractivity contribution is 0.570. The van der Waals surface area contributed by atoms with Crippen molar-refractivity contribution in [1.82, 2.24) is 19.9 Å². The monoisotopic (exact) mass is 572 g/mol. The third-order valence-corrected chi connectivity index (χ3v) is 8.24. The van der Waals surface area contributed by atoms with E-state index in [9.17, 15) is 0 Å². The van der Waals surface area contributed by atoms with Gasteiger partial charge in [-0.3, -0.25) is 0 Å². The summed E-state index contributed by atoms with van der Waals surface area (Å²) in [5, 5.41) is 2.19. The van der Waals surface area contributed by atoms with Crippen molar-refractivity contribution in [2.75, 3.05) is 0 Å². The Morgan fingerprint density at radius 2 is 1.00 bits per heavy atom. The Morgan fingerprint density at radius 3 is 1.68 bits per heavy atom. The second-order valence-corrected chi connectivity index (χ2v) is 13.6. The van der Waals surface area contributed by atoms with E-state index in [4.69, 9.17) is 19.9 Å². The molecule has 216 valence electrons. The van der Waals surface area contributed by atoms with Gasteiger partial charge in [0, 0.05) is 44.1 Å². The van der Waals surface area contributed by atoms with Gasteiger partial charge in [0.05, 0.1) is 33.5 Å². The smallest absolute Gasteiger partial charge is 0.0974 e.